The van der Waals surface area contributed by atoms with Gasteiger partial charge in [0.1, 0.15) is 0 Å². The van der Waals surface area contributed by atoms with Crippen LogP contribution in [0.2, 0.25) is 0 Å². The fourth-order valence-corrected chi connectivity index (χ4v) is 3.22. The third kappa shape index (κ3) is 3.55. The summed E-state index contributed by atoms with van der Waals surface area (Å²) in [5, 5.41) is 2.99. The fraction of sp³-hybridized carbons (Fsp3) is 0.350. The van der Waals surface area contributed by atoms with Crippen LogP contribution in [0, 0.1) is 5.92 Å². The number of rotatable bonds is 5. The van der Waals surface area contributed by atoms with Crippen LogP contribution < -0.4 is 10.2 Å². The summed E-state index contributed by atoms with van der Waals surface area (Å²) < 4.78 is 0. The highest BCUT2D eigenvalue weighted by Crippen LogP contribution is 2.32. The van der Waals surface area contributed by atoms with Gasteiger partial charge in [0.05, 0.1) is 0 Å². The van der Waals surface area contributed by atoms with Gasteiger partial charge < -0.3 is 10.2 Å². The van der Waals surface area contributed by atoms with Gasteiger partial charge in [-0.3, -0.25) is 14.6 Å². The Balaban J connectivity index is 1.82. The molecule has 1 aliphatic rings. The first kappa shape index (κ1) is 17.1. The molecule has 0 saturated heterocycles. The highest BCUT2D eigenvalue weighted by molar-refractivity contribution is 6.07. The standard InChI is InChI=1S/C20H23N3O2/c1-3-14(4-2)19(24)22-17-6-5-15-9-12-23(18(15)13-17)20(25)16-7-10-21-11-8-16/h5-8,10-11,13-14H,3-4,9,12H2,1-2H3,(H,22,24). The average molecular weight is 337 g/mol. The number of hydrogen-bond donors (Lipinski definition) is 1. The summed E-state index contributed by atoms with van der Waals surface area (Å²) >= 11 is 0. The topological polar surface area (TPSA) is 62.3 Å². The summed E-state index contributed by atoms with van der Waals surface area (Å²) in [4.78, 5) is 30.8. The summed E-state index contributed by atoms with van der Waals surface area (Å²) in [7, 11) is 0. The fourth-order valence-electron chi connectivity index (χ4n) is 3.22. The van der Waals surface area contributed by atoms with Gasteiger partial charge in [-0.1, -0.05) is 19.9 Å². The normalized spacial score (nSPS) is 13.0. The van der Waals surface area contributed by atoms with Gasteiger partial charge in [0.15, 0.2) is 0 Å². The van der Waals surface area contributed by atoms with Crippen LogP contribution in [0.5, 0.6) is 0 Å². The summed E-state index contributed by atoms with van der Waals surface area (Å²) in [6, 6.07) is 9.26. The molecular weight excluding hydrogens is 314 g/mol. The van der Waals surface area contributed by atoms with Crippen molar-refractivity contribution < 1.29 is 9.59 Å². The van der Waals surface area contributed by atoms with Crippen molar-refractivity contribution in [1.82, 2.24) is 4.98 Å². The molecule has 2 heterocycles. The molecule has 130 valence electrons. The van der Waals surface area contributed by atoms with Crippen LogP contribution in [0.3, 0.4) is 0 Å². The summed E-state index contributed by atoms with van der Waals surface area (Å²) in [6.07, 6.45) is 5.71. The maximum absolute atomic E-state index is 12.8. The van der Waals surface area contributed by atoms with Gasteiger partial charge in [0.25, 0.3) is 5.91 Å². The lowest BCUT2D eigenvalue weighted by Crippen LogP contribution is -2.29. The molecule has 2 amide bonds. The van der Waals surface area contributed by atoms with Gasteiger partial charge in [-0.25, -0.2) is 0 Å². The molecule has 0 fully saturated rings. The number of pyridine rings is 1. The number of carbonyl (C=O) groups excluding carboxylic acids is 2. The molecule has 0 atom stereocenters. The Hall–Kier alpha value is -2.69. The molecule has 5 heteroatoms. The van der Waals surface area contributed by atoms with Crippen molar-refractivity contribution in [3.63, 3.8) is 0 Å². The van der Waals surface area contributed by atoms with Gasteiger partial charge in [0.2, 0.25) is 5.91 Å². The van der Waals surface area contributed by atoms with E-state index < -0.39 is 0 Å². The quantitative estimate of drug-likeness (QED) is 0.906. The van der Waals surface area contributed by atoms with E-state index in [2.05, 4.69) is 10.3 Å². The number of anilines is 2. The molecule has 0 bridgehead atoms. The molecule has 1 aliphatic heterocycles. The van der Waals surface area contributed by atoms with Crippen LogP contribution in [0.1, 0.15) is 42.6 Å². The minimum absolute atomic E-state index is 0.0165. The lowest BCUT2D eigenvalue weighted by molar-refractivity contribution is -0.120. The first-order valence-corrected chi connectivity index (χ1v) is 8.79. The number of benzene rings is 1. The van der Waals surface area contributed by atoms with E-state index in [0.29, 0.717) is 12.1 Å². The average Bonchev–Trinajstić information content (AvgIpc) is 3.06. The number of amides is 2. The number of aromatic nitrogens is 1. The van der Waals surface area contributed by atoms with Crippen LogP contribution in [-0.4, -0.2) is 23.3 Å². The SMILES string of the molecule is CCC(CC)C(=O)Nc1ccc2c(c1)N(C(=O)c1ccncc1)CC2. The number of fused-ring (bicyclic) bond motifs is 1. The van der Waals surface area contributed by atoms with Gasteiger partial charge in [-0.2, -0.15) is 0 Å². The zero-order valence-electron chi connectivity index (χ0n) is 14.7. The molecule has 0 unspecified atom stereocenters. The molecule has 0 radical (unpaired) electrons. The van der Waals surface area contributed by atoms with Crippen molar-refractivity contribution >= 4 is 23.2 Å². The van der Waals surface area contributed by atoms with Gasteiger partial charge in [0, 0.05) is 41.8 Å². The van der Waals surface area contributed by atoms with E-state index >= 15 is 0 Å². The summed E-state index contributed by atoms with van der Waals surface area (Å²) in [5.74, 6) is 0.0161. The summed E-state index contributed by atoms with van der Waals surface area (Å²) in [5.41, 5.74) is 3.37. The molecule has 0 aliphatic carbocycles. The van der Waals surface area contributed by atoms with E-state index in [1.54, 1.807) is 29.4 Å². The molecular formula is C20H23N3O2. The monoisotopic (exact) mass is 337 g/mol. The highest BCUT2D eigenvalue weighted by Gasteiger charge is 2.26. The Morgan fingerprint density at radius 3 is 2.56 bits per heavy atom. The van der Waals surface area contributed by atoms with E-state index in [-0.39, 0.29) is 17.7 Å². The number of nitrogens with one attached hydrogen (secondary N) is 1. The zero-order chi connectivity index (χ0) is 17.8. The van der Waals surface area contributed by atoms with E-state index in [4.69, 9.17) is 0 Å². The Bertz CT molecular complexity index is 770. The second-order valence-electron chi connectivity index (χ2n) is 6.29. The lowest BCUT2D eigenvalue weighted by Gasteiger charge is -2.19. The lowest BCUT2D eigenvalue weighted by atomic mass is 10.0. The first-order valence-electron chi connectivity index (χ1n) is 8.79. The van der Waals surface area contributed by atoms with E-state index in [1.165, 1.54) is 0 Å². The molecule has 5 nitrogen and oxygen atoms in total. The van der Waals surface area contributed by atoms with E-state index in [1.807, 2.05) is 32.0 Å². The second kappa shape index (κ2) is 7.47. The van der Waals surface area contributed by atoms with E-state index in [0.717, 1.165) is 36.2 Å². The molecule has 0 spiro atoms. The Labute approximate surface area is 148 Å². The molecule has 2 aromatic rings. The maximum Gasteiger partial charge on any atom is 0.258 e. The van der Waals surface area contributed by atoms with Crippen LogP contribution in [0.25, 0.3) is 0 Å². The van der Waals surface area contributed by atoms with Crippen molar-refractivity contribution in [2.45, 2.75) is 33.1 Å². The zero-order valence-corrected chi connectivity index (χ0v) is 14.7. The molecule has 25 heavy (non-hydrogen) atoms. The van der Waals surface area contributed by atoms with Gasteiger partial charge in [-0.05, 0) is 49.1 Å². The second-order valence-corrected chi connectivity index (χ2v) is 6.29. The van der Waals surface area contributed by atoms with E-state index in [9.17, 15) is 9.59 Å². The molecule has 1 aromatic heterocycles. The Kier molecular flexibility index (Phi) is 5.12. The van der Waals surface area contributed by atoms with Crippen molar-refractivity contribution in [1.29, 1.82) is 0 Å². The van der Waals surface area contributed by atoms with Gasteiger partial charge in [-0.15, -0.1) is 0 Å². The maximum atomic E-state index is 12.8. The minimum Gasteiger partial charge on any atom is -0.326 e. The predicted molar refractivity (Wildman–Crippen MR) is 98.8 cm³/mol. The minimum atomic E-state index is -0.0374. The molecule has 1 N–H and O–H groups in total. The van der Waals surface area contributed by atoms with Crippen LogP contribution in [0.4, 0.5) is 11.4 Å². The Morgan fingerprint density at radius 2 is 1.88 bits per heavy atom. The van der Waals surface area contributed by atoms with Crippen molar-refractivity contribution in [3.8, 4) is 0 Å². The van der Waals surface area contributed by atoms with Crippen molar-refractivity contribution in [2.24, 2.45) is 5.92 Å². The van der Waals surface area contributed by atoms with Gasteiger partial charge >= 0.3 is 0 Å². The molecule has 3 rings (SSSR count). The summed E-state index contributed by atoms with van der Waals surface area (Å²) in [6.45, 7) is 4.69. The smallest absolute Gasteiger partial charge is 0.258 e. The first-order chi connectivity index (χ1) is 12.1. The van der Waals surface area contributed by atoms with Crippen molar-refractivity contribution in [2.75, 3.05) is 16.8 Å². The largest absolute Gasteiger partial charge is 0.326 e. The molecule has 0 saturated carbocycles. The van der Waals surface area contributed by atoms with Crippen LogP contribution in [0.15, 0.2) is 42.7 Å². The third-order valence-corrected chi connectivity index (χ3v) is 4.78. The van der Waals surface area contributed by atoms with Crippen LogP contribution in [-0.2, 0) is 11.2 Å². The van der Waals surface area contributed by atoms with Crippen LogP contribution >= 0.6 is 0 Å². The number of hydrogen-bond acceptors (Lipinski definition) is 3. The predicted octanol–water partition coefficient (Wildman–Crippen LogP) is 3.66. The Morgan fingerprint density at radius 1 is 1.16 bits per heavy atom. The third-order valence-electron chi connectivity index (χ3n) is 4.78. The number of carbonyl (C=O) groups is 2. The number of nitrogens with zero attached hydrogens (tertiary/aromatic N) is 2. The molecule has 1 aromatic carbocycles. The highest BCUT2D eigenvalue weighted by atomic mass is 16.2. The van der Waals surface area contributed by atoms with Crippen molar-refractivity contribution in [3.05, 3.63) is 53.9 Å².